The van der Waals surface area contributed by atoms with Crippen LogP contribution in [0.4, 0.5) is 11.5 Å². The average molecular weight is 481 g/mol. The van der Waals surface area contributed by atoms with Crippen LogP contribution >= 0.6 is 10.6 Å². The molecule has 0 saturated carbocycles. The van der Waals surface area contributed by atoms with Crippen LogP contribution in [0.3, 0.4) is 0 Å². The van der Waals surface area contributed by atoms with Crippen LogP contribution in [0.1, 0.15) is 17.5 Å². The Kier molecular flexibility index (Phi) is 5.66. The maximum atomic E-state index is 10.8. The highest BCUT2D eigenvalue weighted by atomic mass is 32.3. The number of fused-ring (bicyclic) bond motifs is 2. The summed E-state index contributed by atoms with van der Waals surface area (Å²) in [5.74, 6) is 1.20. The second-order valence-electron chi connectivity index (χ2n) is 9.75. The van der Waals surface area contributed by atoms with Crippen LogP contribution in [0, 0.1) is 6.92 Å². The van der Waals surface area contributed by atoms with Crippen molar-refractivity contribution in [3.05, 3.63) is 59.7 Å². The molecule has 4 heterocycles. The highest BCUT2D eigenvalue weighted by Gasteiger charge is 2.30. The first-order valence-electron chi connectivity index (χ1n) is 12.1. The molecule has 1 aromatic heterocycles. The minimum atomic E-state index is -2.81. The summed E-state index contributed by atoms with van der Waals surface area (Å²) in [7, 11) is -2.81. The number of pyridine rings is 1. The van der Waals surface area contributed by atoms with Crippen molar-refractivity contribution in [2.45, 2.75) is 36.9 Å². The van der Waals surface area contributed by atoms with Crippen molar-refractivity contribution in [3.8, 4) is 0 Å². The number of aromatic nitrogens is 1. The molecule has 0 radical (unpaired) electrons. The molecule has 3 N–H and O–H groups in total. The summed E-state index contributed by atoms with van der Waals surface area (Å²) >= 11 is 0. The van der Waals surface area contributed by atoms with E-state index in [2.05, 4.69) is 46.3 Å². The number of ether oxygens (including phenoxy) is 1. The minimum Gasteiger partial charge on any atom is -0.378 e. The van der Waals surface area contributed by atoms with E-state index in [4.69, 9.17) is 9.72 Å². The van der Waals surface area contributed by atoms with Crippen molar-refractivity contribution >= 4 is 33.0 Å². The summed E-state index contributed by atoms with van der Waals surface area (Å²) < 4.78 is 26.9. The third-order valence-electron chi connectivity index (χ3n) is 7.22. The number of nitrogens with one attached hydrogen (secondary N) is 1. The lowest BCUT2D eigenvalue weighted by atomic mass is 10.1. The van der Waals surface area contributed by atoms with E-state index in [9.17, 15) is 9.11 Å². The van der Waals surface area contributed by atoms with E-state index in [-0.39, 0.29) is 0 Å². The van der Waals surface area contributed by atoms with Crippen LogP contribution in [-0.2, 0) is 11.3 Å². The Hall–Kier alpha value is -2.36. The van der Waals surface area contributed by atoms with Gasteiger partial charge in [-0.25, -0.2) is 4.98 Å². The fraction of sp³-hybridized carbons (Fsp3) is 0.423. The van der Waals surface area contributed by atoms with Gasteiger partial charge >= 0.3 is 0 Å². The van der Waals surface area contributed by atoms with Crippen molar-refractivity contribution in [2.75, 3.05) is 48.4 Å². The molecule has 0 bridgehead atoms. The van der Waals surface area contributed by atoms with Crippen molar-refractivity contribution < 1.29 is 13.8 Å². The topological polar surface area (TPSA) is 81.1 Å². The number of hydrogen-bond acceptors (Lipinski definition) is 7. The van der Waals surface area contributed by atoms with Gasteiger partial charge in [0.25, 0.3) is 0 Å². The molecular weight excluding hydrogens is 448 g/mol. The molecule has 0 amide bonds. The first kappa shape index (κ1) is 22.1. The number of benzene rings is 2. The lowest BCUT2D eigenvalue weighted by Gasteiger charge is -2.32. The molecule has 3 aromatic rings. The van der Waals surface area contributed by atoms with Gasteiger partial charge in [0, 0.05) is 49.4 Å². The Morgan fingerprint density at radius 1 is 1.03 bits per heavy atom. The van der Waals surface area contributed by atoms with Gasteiger partial charge in [0.05, 0.1) is 35.4 Å². The summed E-state index contributed by atoms with van der Waals surface area (Å²) in [5.41, 5.74) is 4.37. The number of nitrogens with zero attached hydrogens (tertiary/aromatic N) is 3. The van der Waals surface area contributed by atoms with Crippen LogP contribution in [0.25, 0.3) is 10.9 Å². The van der Waals surface area contributed by atoms with Gasteiger partial charge in [0.1, 0.15) is 5.82 Å². The third-order valence-corrected chi connectivity index (χ3v) is 9.08. The van der Waals surface area contributed by atoms with Crippen LogP contribution in [-0.4, -0.2) is 64.8 Å². The molecule has 2 saturated heterocycles. The Morgan fingerprint density at radius 2 is 1.88 bits per heavy atom. The monoisotopic (exact) mass is 480 g/mol. The molecule has 1 unspecified atom stereocenters. The maximum Gasteiger partial charge on any atom is 0.131 e. The van der Waals surface area contributed by atoms with Gasteiger partial charge in [-0.3, -0.25) is 9.11 Å². The minimum absolute atomic E-state index is 0.312. The van der Waals surface area contributed by atoms with Gasteiger partial charge < -0.3 is 19.9 Å². The molecule has 0 aliphatic carbocycles. The second kappa shape index (κ2) is 8.70. The van der Waals surface area contributed by atoms with E-state index >= 15 is 0 Å². The van der Waals surface area contributed by atoms with Gasteiger partial charge in [-0.15, -0.1) is 0 Å². The van der Waals surface area contributed by atoms with Crippen molar-refractivity contribution in [2.24, 2.45) is 0 Å². The molecule has 7 nitrogen and oxygen atoms in total. The van der Waals surface area contributed by atoms with Crippen molar-refractivity contribution in [1.82, 2.24) is 10.3 Å². The molecule has 34 heavy (non-hydrogen) atoms. The van der Waals surface area contributed by atoms with E-state index in [0.29, 0.717) is 35.8 Å². The Bertz CT molecular complexity index is 1220. The van der Waals surface area contributed by atoms with Crippen molar-refractivity contribution in [3.63, 3.8) is 0 Å². The van der Waals surface area contributed by atoms with E-state index < -0.39 is 10.6 Å². The molecule has 2 fully saturated rings. The smallest absolute Gasteiger partial charge is 0.131 e. The first-order valence-corrected chi connectivity index (χ1v) is 13.8. The zero-order chi connectivity index (χ0) is 23.3. The molecule has 8 heteroatoms. The average Bonchev–Trinajstić information content (AvgIpc) is 3.22. The first-order chi connectivity index (χ1) is 16.5. The zero-order valence-corrected chi connectivity index (χ0v) is 20.3. The zero-order valence-electron chi connectivity index (χ0n) is 19.5. The summed E-state index contributed by atoms with van der Waals surface area (Å²) in [6, 6.07) is 17.3. The fourth-order valence-electron chi connectivity index (χ4n) is 5.29. The Balaban J connectivity index is 1.36. The molecular formula is C26H32N4O3S. The molecule has 6 rings (SSSR count). The highest BCUT2D eigenvalue weighted by Crippen LogP contribution is 2.51. The lowest BCUT2D eigenvalue weighted by Crippen LogP contribution is -2.51. The standard InChI is InChI=1S/C26H32N4O3S/c1-18-6-7-23-22(12-18)24(29-9-8-20(15-29)27-21-16-33-17-21)13-26(28-23)30-10-11-34(31,32)25-5-3-2-4-19(25)14-30/h2-7,12-13,20-21,27,31-32H,8-11,14-17H2,1H3. The van der Waals surface area contributed by atoms with Gasteiger partial charge in [-0.05, 0) is 37.1 Å². The lowest BCUT2D eigenvalue weighted by molar-refractivity contribution is -0.00895. The highest BCUT2D eigenvalue weighted by molar-refractivity contribution is 8.24. The number of rotatable bonds is 4. The number of hydrogen-bond donors (Lipinski definition) is 3. The predicted octanol–water partition coefficient (Wildman–Crippen LogP) is 4.24. The van der Waals surface area contributed by atoms with Crippen LogP contribution in [0.15, 0.2) is 53.4 Å². The quantitative estimate of drug-likeness (QED) is 0.515. The maximum absolute atomic E-state index is 10.8. The summed E-state index contributed by atoms with van der Waals surface area (Å²) in [6.45, 7) is 6.88. The predicted molar refractivity (Wildman–Crippen MR) is 138 cm³/mol. The van der Waals surface area contributed by atoms with E-state index in [1.165, 1.54) is 16.6 Å². The van der Waals surface area contributed by atoms with Crippen LogP contribution in [0.5, 0.6) is 0 Å². The second-order valence-corrected chi connectivity index (χ2v) is 11.9. The van der Waals surface area contributed by atoms with Gasteiger partial charge in [0.15, 0.2) is 0 Å². The molecule has 1 atom stereocenters. The Labute approximate surface area is 202 Å². The SMILES string of the molecule is Cc1ccc2nc(N3CCS(O)(O)c4ccccc4C3)cc(N3CCC(NC4COC4)C3)c2c1. The Morgan fingerprint density at radius 3 is 2.71 bits per heavy atom. The fourth-order valence-corrected chi connectivity index (χ4v) is 6.84. The van der Waals surface area contributed by atoms with E-state index in [1.807, 2.05) is 24.3 Å². The largest absolute Gasteiger partial charge is 0.378 e. The van der Waals surface area contributed by atoms with Gasteiger partial charge in [0.2, 0.25) is 0 Å². The van der Waals surface area contributed by atoms with Gasteiger partial charge in [-0.1, -0.05) is 29.8 Å². The molecule has 180 valence electrons. The number of aryl methyl sites for hydroxylation is 1. The summed E-state index contributed by atoms with van der Waals surface area (Å²) in [4.78, 5) is 10.4. The number of anilines is 2. The summed E-state index contributed by atoms with van der Waals surface area (Å²) in [5, 5.41) is 4.91. The van der Waals surface area contributed by atoms with Crippen LogP contribution < -0.4 is 15.1 Å². The molecule has 0 spiro atoms. The molecule has 2 aromatic carbocycles. The normalized spacial score (nSPS) is 23.4. The third kappa shape index (κ3) is 4.14. The van der Waals surface area contributed by atoms with E-state index in [1.54, 1.807) is 0 Å². The van der Waals surface area contributed by atoms with Crippen LogP contribution in [0.2, 0.25) is 0 Å². The molecule has 3 aliphatic heterocycles. The van der Waals surface area contributed by atoms with Crippen molar-refractivity contribution in [1.29, 1.82) is 0 Å². The summed E-state index contributed by atoms with van der Waals surface area (Å²) in [6.07, 6.45) is 1.11. The van der Waals surface area contributed by atoms with Gasteiger partial charge in [-0.2, -0.15) is 10.6 Å². The van der Waals surface area contributed by atoms with E-state index in [0.717, 1.165) is 49.6 Å². The molecule has 3 aliphatic rings.